The molecule has 20 heavy (non-hydrogen) atoms. The fourth-order valence-corrected chi connectivity index (χ4v) is 2.99. The Labute approximate surface area is 124 Å². The Morgan fingerprint density at radius 1 is 1.45 bits per heavy atom. The van der Waals surface area contributed by atoms with E-state index in [0.29, 0.717) is 27.7 Å². The molecule has 0 aliphatic carbocycles. The van der Waals surface area contributed by atoms with Crippen molar-refractivity contribution in [3.05, 3.63) is 34.3 Å². The van der Waals surface area contributed by atoms with Gasteiger partial charge in [-0.1, -0.05) is 5.16 Å². The minimum Gasteiger partial charge on any atom is -0.334 e. The minimum absolute atomic E-state index is 0.298. The molecule has 1 unspecified atom stereocenters. The molecule has 1 aliphatic heterocycles. The lowest BCUT2D eigenvalue weighted by atomic mass is 9.96. The number of nitrogens with one attached hydrogen (secondary N) is 1. The van der Waals surface area contributed by atoms with Gasteiger partial charge in [0, 0.05) is 10.9 Å². The van der Waals surface area contributed by atoms with Crippen LogP contribution in [0.1, 0.15) is 18.7 Å². The predicted molar refractivity (Wildman–Crippen MR) is 76.7 cm³/mol. The summed E-state index contributed by atoms with van der Waals surface area (Å²) in [5, 5.41) is 7.40. The second kappa shape index (κ2) is 6.01. The number of hydrogen-bond acceptors (Lipinski definition) is 4. The molecular formula is C14H15BrFN3O. The van der Waals surface area contributed by atoms with Crippen LogP contribution in [0.2, 0.25) is 0 Å². The van der Waals surface area contributed by atoms with Crippen molar-refractivity contribution in [2.24, 2.45) is 5.92 Å². The molecule has 0 radical (unpaired) electrons. The molecule has 2 heterocycles. The summed E-state index contributed by atoms with van der Waals surface area (Å²) in [5.41, 5.74) is 0.715. The van der Waals surface area contributed by atoms with E-state index in [1.54, 1.807) is 6.07 Å². The van der Waals surface area contributed by atoms with Crippen LogP contribution in [0, 0.1) is 11.7 Å². The van der Waals surface area contributed by atoms with Crippen LogP contribution in [-0.2, 0) is 6.42 Å². The highest BCUT2D eigenvalue weighted by Gasteiger charge is 2.18. The Morgan fingerprint density at radius 3 is 3.10 bits per heavy atom. The maximum absolute atomic E-state index is 13.1. The molecule has 1 fully saturated rings. The first kappa shape index (κ1) is 13.7. The summed E-state index contributed by atoms with van der Waals surface area (Å²) in [5.74, 6) is 1.40. The van der Waals surface area contributed by atoms with E-state index >= 15 is 0 Å². The summed E-state index contributed by atoms with van der Waals surface area (Å²) >= 11 is 3.31. The SMILES string of the molecule is Fc1ccc(-c2nc(CC3CCCNC3)no2)c(Br)c1. The minimum atomic E-state index is -0.298. The fourth-order valence-electron chi connectivity index (χ4n) is 2.47. The molecule has 2 aromatic rings. The first-order valence-corrected chi connectivity index (χ1v) is 7.50. The van der Waals surface area contributed by atoms with Crippen LogP contribution < -0.4 is 5.32 Å². The van der Waals surface area contributed by atoms with Crippen molar-refractivity contribution < 1.29 is 8.91 Å². The Kier molecular flexibility index (Phi) is 4.12. The van der Waals surface area contributed by atoms with Gasteiger partial charge in [0.15, 0.2) is 5.82 Å². The van der Waals surface area contributed by atoms with Crippen LogP contribution >= 0.6 is 15.9 Å². The fraction of sp³-hybridized carbons (Fsp3) is 0.429. The van der Waals surface area contributed by atoms with E-state index in [-0.39, 0.29) is 5.82 Å². The zero-order valence-corrected chi connectivity index (χ0v) is 12.5. The van der Waals surface area contributed by atoms with Gasteiger partial charge >= 0.3 is 0 Å². The molecule has 1 aromatic heterocycles. The maximum atomic E-state index is 13.1. The third-order valence-electron chi connectivity index (χ3n) is 3.50. The number of aromatic nitrogens is 2. The molecule has 1 aliphatic rings. The van der Waals surface area contributed by atoms with Crippen LogP contribution in [0.25, 0.3) is 11.5 Å². The Morgan fingerprint density at radius 2 is 2.35 bits per heavy atom. The molecule has 1 N–H and O–H groups in total. The zero-order valence-electron chi connectivity index (χ0n) is 10.9. The van der Waals surface area contributed by atoms with Gasteiger partial charge in [-0.15, -0.1) is 0 Å². The Balaban J connectivity index is 1.75. The third-order valence-corrected chi connectivity index (χ3v) is 4.16. The molecule has 1 atom stereocenters. The number of nitrogens with zero attached hydrogens (tertiary/aromatic N) is 2. The van der Waals surface area contributed by atoms with Crippen molar-refractivity contribution in [3.8, 4) is 11.5 Å². The van der Waals surface area contributed by atoms with Crippen molar-refractivity contribution in [2.75, 3.05) is 13.1 Å². The van der Waals surface area contributed by atoms with Gasteiger partial charge in [-0.25, -0.2) is 4.39 Å². The van der Waals surface area contributed by atoms with Crippen LogP contribution in [0.5, 0.6) is 0 Å². The van der Waals surface area contributed by atoms with Gasteiger partial charge in [-0.2, -0.15) is 4.98 Å². The van der Waals surface area contributed by atoms with E-state index in [4.69, 9.17) is 4.52 Å². The summed E-state index contributed by atoms with van der Waals surface area (Å²) in [6.07, 6.45) is 3.20. The topological polar surface area (TPSA) is 51.0 Å². The molecular weight excluding hydrogens is 325 g/mol. The molecule has 6 heteroatoms. The first-order chi connectivity index (χ1) is 9.72. The highest BCUT2D eigenvalue weighted by molar-refractivity contribution is 9.10. The van der Waals surface area contributed by atoms with Gasteiger partial charge < -0.3 is 9.84 Å². The highest BCUT2D eigenvalue weighted by atomic mass is 79.9. The molecule has 0 saturated carbocycles. The monoisotopic (exact) mass is 339 g/mol. The Hall–Kier alpha value is -1.27. The number of hydrogen-bond donors (Lipinski definition) is 1. The van der Waals surface area contributed by atoms with Gasteiger partial charge in [0.2, 0.25) is 0 Å². The standard InChI is InChI=1S/C14H15BrFN3O/c15-12-7-10(16)3-4-11(12)14-18-13(19-20-14)6-9-2-1-5-17-8-9/h3-4,7,9,17H,1-2,5-6,8H2. The van der Waals surface area contributed by atoms with Crippen molar-refractivity contribution in [1.29, 1.82) is 0 Å². The molecule has 0 amide bonds. The molecule has 1 aromatic carbocycles. The predicted octanol–water partition coefficient (Wildman–Crippen LogP) is 3.18. The average molecular weight is 340 g/mol. The van der Waals surface area contributed by atoms with Gasteiger partial charge in [0.1, 0.15) is 5.82 Å². The van der Waals surface area contributed by atoms with E-state index in [2.05, 4.69) is 31.4 Å². The highest BCUT2D eigenvalue weighted by Crippen LogP contribution is 2.28. The van der Waals surface area contributed by atoms with Crippen LogP contribution in [0.4, 0.5) is 4.39 Å². The number of halogens is 2. The van der Waals surface area contributed by atoms with Crippen LogP contribution in [0.15, 0.2) is 27.2 Å². The Bertz CT molecular complexity index is 596. The van der Waals surface area contributed by atoms with Crippen LogP contribution in [-0.4, -0.2) is 23.2 Å². The third kappa shape index (κ3) is 3.07. The lowest BCUT2D eigenvalue weighted by Gasteiger charge is -2.20. The molecule has 0 spiro atoms. The normalized spacial score (nSPS) is 19.2. The second-order valence-electron chi connectivity index (χ2n) is 5.06. The quantitative estimate of drug-likeness (QED) is 0.932. The zero-order chi connectivity index (χ0) is 13.9. The summed E-state index contributed by atoms with van der Waals surface area (Å²) in [4.78, 5) is 4.41. The average Bonchev–Trinajstić information content (AvgIpc) is 2.88. The summed E-state index contributed by atoms with van der Waals surface area (Å²) < 4.78 is 19.0. The van der Waals surface area contributed by atoms with Gasteiger partial charge in [0.05, 0.1) is 5.56 Å². The first-order valence-electron chi connectivity index (χ1n) is 6.71. The van der Waals surface area contributed by atoms with Gasteiger partial charge in [-0.05, 0) is 66.0 Å². The number of piperidine rings is 1. The molecule has 106 valence electrons. The van der Waals surface area contributed by atoms with E-state index < -0.39 is 0 Å². The second-order valence-corrected chi connectivity index (χ2v) is 5.91. The van der Waals surface area contributed by atoms with Gasteiger partial charge in [0.25, 0.3) is 5.89 Å². The van der Waals surface area contributed by atoms with Crippen molar-refractivity contribution >= 4 is 15.9 Å². The molecule has 4 nitrogen and oxygen atoms in total. The van der Waals surface area contributed by atoms with Crippen molar-refractivity contribution in [3.63, 3.8) is 0 Å². The number of rotatable bonds is 3. The summed E-state index contributed by atoms with van der Waals surface area (Å²) in [6, 6.07) is 4.41. The van der Waals surface area contributed by atoms with E-state index in [1.165, 1.54) is 25.0 Å². The molecule has 0 bridgehead atoms. The molecule has 3 rings (SSSR count). The number of benzene rings is 1. The van der Waals surface area contributed by atoms with Crippen molar-refractivity contribution in [2.45, 2.75) is 19.3 Å². The van der Waals surface area contributed by atoms with E-state index in [0.717, 1.165) is 19.5 Å². The van der Waals surface area contributed by atoms with E-state index in [1.807, 2.05) is 0 Å². The van der Waals surface area contributed by atoms with Crippen LogP contribution in [0.3, 0.4) is 0 Å². The summed E-state index contributed by atoms with van der Waals surface area (Å²) in [6.45, 7) is 2.10. The summed E-state index contributed by atoms with van der Waals surface area (Å²) in [7, 11) is 0. The largest absolute Gasteiger partial charge is 0.334 e. The molecule has 1 saturated heterocycles. The lowest BCUT2D eigenvalue weighted by molar-refractivity contribution is 0.360. The van der Waals surface area contributed by atoms with Crippen molar-refractivity contribution in [1.82, 2.24) is 15.5 Å². The van der Waals surface area contributed by atoms with Gasteiger partial charge in [-0.3, -0.25) is 0 Å². The maximum Gasteiger partial charge on any atom is 0.259 e. The smallest absolute Gasteiger partial charge is 0.259 e. The lowest BCUT2D eigenvalue weighted by Crippen LogP contribution is -2.31. The van der Waals surface area contributed by atoms with E-state index in [9.17, 15) is 4.39 Å².